The summed E-state index contributed by atoms with van der Waals surface area (Å²) in [6, 6.07) is 5.93. The van der Waals surface area contributed by atoms with E-state index in [2.05, 4.69) is 17.3 Å². The Bertz CT molecular complexity index is 744. The van der Waals surface area contributed by atoms with Crippen LogP contribution in [0, 0.1) is 11.8 Å². The van der Waals surface area contributed by atoms with Crippen molar-refractivity contribution >= 4 is 11.8 Å². The van der Waals surface area contributed by atoms with Crippen molar-refractivity contribution in [2.75, 3.05) is 47.4 Å². The van der Waals surface area contributed by atoms with Gasteiger partial charge in [0.25, 0.3) is 5.91 Å². The van der Waals surface area contributed by atoms with Gasteiger partial charge in [-0.2, -0.15) is 0 Å². The van der Waals surface area contributed by atoms with Crippen LogP contribution in [0.25, 0.3) is 0 Å². The highest BCUT2D eigenvalue weighted by atomic mass is 16.5. The van der Waals surface area contributed by atoms with E-state index >= 15 is 0 Å². The lowest BCUT2D eigenvalue weighted by Crippen LogP contribution is -2.55. The second kappa shape index (κ2) is 11.0. The van der Waals surface area contributed by atoms with Crippen LogP contribution in [0.1, 0.15) is 44.3 Å². The quantitative estimate of drug-likeness (QED) is 0.717. The van der Waals surface area contributed by atoms with Gasteiger partial charge in [-0.05, 0) is 88.8 Å². The number of carbonyl (C=O) groups excluding carboxylic acids is 2. The number of amides is 2. The average molecular weight is 433 g/mol. The van der Waals surface area contributed by atoms with Crippen LogP contribution in [0.3, 0.4) is 0 Å². The fourth-order valence-corrected chi connectivity index (χ4v) is 4.73. The van der Waals surface area contributed by atoms with Gasteiger partial charge in [0.2, 0.25) is 5.91 Å². The molecule has 2 atom stereocenters. The van der Waals surface area contributed by atoms with Crippen LogP contribution < -0.4 is 10.1 Å². The molecule has 2 aliphatic heterocycles. The van der Waals surface area contributed by atoms with Crippen LogP contribution in [0.5, 0.6) is 5.75 Å². The zero-order valence-corrected chi connectivity index (χ0v) is 19.0. The summed E-state index contributed by atoms with van der Waals surface area (Å²) in [6.07, 6.45) is 3.90. The molecule has 2 saturated heterocycles. The van der Waals surface area contributed by atoms with Crippen LogP contribution >= 0.6 is 0 Å². The highest BCUT2D eigenvalue weighted by Gasteiger charge is 2.35. The number of rotatable bonds is 7. The van der Waals surface area contributed by atoms with Gasteiger partial charge >= 0.3 is 0 Å². The Kier molecular flexibility index (Phi) is 7.81. The topological polar surface area (TPSA) is 71.1 Å². The summed E-state index contributed by atoms with van der Waals surface area (Å²) < 4.78 is 17.9. The van der Waals surface area contributed by atoms with E-state index in [4.69, 9.17) is 10.8 Å². The molecule has 7 nitrogen and oxygen atoms in total. The number of nitrogens with zero attached hydrogens (tertiary/aromatic N) is 2. The van der Waals surface area contributed by atoms with Crippen LogP contribution in [-0.2, 0) is 9.53 Å². The van der Waals surface area contributed by atoms with E-state index in [9.17, 15) is 9.59 Å². The van der Waals surface area contributed by atoms with Gasteiger partial charge < -0.3 is 24.6 Å². The molecular weight excluding hydrogens is 394 g/mol. The lowest BCUT2D eigenvalue weighted by atomic mass is 9.79. The third kappa shape index (κ3) is 5.98. The Morgan fingerprint density at radius 3 is 2.19 bits per heavy atom. The molecular formula is C24H37N3O4. The zero-order chi connectivity index (χ0) is 23.1. The predicted octanol–water partition coefficient (Wildman–Crippen LogP) is 2.41. The summed E-state index contributed by atoms with van der Waals surface area (Å²) in [5, 5.41) is 2.85. The van der Waals surface area contributed by atoms with Crippen LogP contribution in [0.15, 0.2) is 24.3 Å². The molecule has 0 bridgehead atoms. The molecule has 172 valence electrons. The molecule has 0 spiro atoms. The molecule has 0 aliphatic carbocycles. The smallest absolute Gasteiger partial charge is 0.252 e. The van der Waals surface area contributed by atoms with Crippen molar-refractivity contribution in [2.45, 2.75) is 44.8 Å². The summed E-state index contributed by atoms with van der Waals surface area (Å²) in [6.45, 7) is 5.46. The molecule has 2 amide bonds. The molecule has 31 heavy (non-hydrogen) atoms. The van der Waals surface area contributed by atoms with Crippen molar-refractivity contribution in [3.63, 3.8) is 0 Å². The highest BCUT2D eigenvalue weighted by molar-refractivity contribution is 5.97. The zero-order valence-electron chi connectivity index (χ0n) is 20.0. The maximum atomic E-state index is 13.4. The lowest BCUT2D eigenvalue weighted by molar-refractivity contribution is -0.138. The van der Waals surface area contributed by atoms with Gasteiger partial charge in [-0.15, -0.1) is 0 Å². The van der Waals surface area contributed by atoms with E-state index in [1.165, 1.54) is 12.8 Å². The number of carbonyl (C=O) groups is 2. The third-order valence-electron chi connectivity index (χ3n) is 6.92. The number of ether oxygens (including phenoxy) is 2. The van der Waals surface area contributed by atoms with Gasteiger partial charge in [0.1, 0.15) is 11.8 Å². The number of hydrogen-bond donors (Lipinski definition) is 1. The van der Waals surface area contributed by atoms with Crippen molar-refractivity contribution in [3.05, 3.63) is 29.8 Å². The first-order valence-corrected chi connectivity index (χ1v) is 11.3. The third-order valence-corrected chi connectivity index (χ3v) is 6.92. The van der Waals surface area contributed by atoms with Gasteiger partial charge in [0.15, 0.2) is 0 Å². The number of methoxy groups -OCH3 is 2. The first kappa shape index (κ1) is 22.1. The van der Waals surface area contributed by atoms with E-state index in [1.807, 2.05) is 4.90 Å². The van der Waals surface area contributed by atoms with Gasteiger partial charge in [-0.3, -0.25) is 9.59 Å². The second-order valence-corrected chi connectivity index (χ2v) is 8.85. The second-order valence-electron chi connectivity index (χ2n) is 8.85. The average Bonchev–Trinajstić information content (AvgIpc) is 2.82. The van der Waals surface area contributed by atoms with Gasteiger partial charge in [0, 0.05) is 25.7 Å². The van der Waals surface area contributed by atoms with Crippen molar-refractivity contribution in [1.82, 2.24) is 15.1 Å². The van der Waals surface area contributed by atoms with Crippen molar-refractivity contribution in [3.8, 4) is 5.75 Å². The maximum Gasteiger partial charge on any atom is 0.252 e. The molecule has 2 heterocycles. The Morgan fingerprint density at radius 1 is 1.06 bits per heavy atom. The Morgan fingerprint density at radius 2 is 1.65 bits per heavy atom. The summed E-state index contributed by atoms with van der Waals surface area (Å²) >= 11 is 0. The van der Waals surface area contributed by atoms with Crippen LogP contribution in [0.2, 0.25) is 0 Å². The lowest BCUT2D eigenvalue weighted by Gasteiger charge is -2.40. The largest absolute Gasteiger partial charge is 0.497 e. The van der Waals surface area contributed by atoms with Gasteiger partial charge in [-0.25, -0.2) is 0 Å². The molecule has 0 unspecified atom stereocenters. The number of hydrogen-bond acceptors (Lipinski definition) is 5. The normalized spacial score (nSPS) is 21.3. The van der Waals surface area contributed by atoms with Gasteiger partial charge in [-0.1, -0.05) is 0 Å². The van der Waals surface area contributed by atoms with Crippen LogP contribution in [0.4, 0.5) is 0 Å². The van der Waals surface area contributed by atoms with E-state index in [-0.39, 0.29) is 18.9 Å². The SMILES string of the molecule is [2H]CO[C@H](C)[C@H](NC(=O)c1ccc(OC)cc1)C(=O)N1CCC(C2CCN(C)CC2)CC1. The standard InChI is InChI=1S/C24H37N3O4/c1-17(30-3)22(25-23(28)20-5-7-21(31-4)8-6-20)24(29)27-15-11-19(12-16-27)18-9-13-26(2)14-10-18/h5-8,17-19,22H,9-16H2,1-4H3,(H,25,28)/t17-,22+/m1/s1/i3D. The summed E-state index contributed by atoms with van der Waals surface area (Å²) in [7, 11) is 3.49. The van der Waals surface area contributed by atoms with Crippen LogP contribution in [-0.4, -0.2) is 81.2 Å². The van der Waals surface area contributed by atoms with E-state index < -0.39 is 12.1 Å². The summed E-state index contributed by atoms with van der Waals surface area (Å²) in [5.74, 6) is 1.61. The fourth-order valence-electron chi connectivity index (χ4n) is 4.73. The molecule has 2 aliphatic rings. The minimum absolute atomic E-state index is 0.130. The Balaban J connectivity index is 1.61. The number of nitrogens with one attached hydrogen (secondary N) is 1. The monoisotopic (exact) mass is 432 g/mol. The molecule has 1 N–H and O–H groups in total. The summed E-state index contributed by atoms with van der Waals surface area (Å²) in [5.41, 5.74) is 0.447. The molecule has 0 radical (unpaired) electrons. The minimum Gasteiger partial charge on any atom is -0.497 e. The molecule has 0 saturated carbocycles. The molecule has 3 rings (SSSR count). The molecule has 0 aromatic heterocycles. The van der Waals surface area contributed by atoms with Crippen molar-refractivity contribution < 1.29 is 20.4 Å². The van der Waals surface area contributed by atoms with E-state index in [0.29, 0.717) is 30.3 Å². The minimum atomic E-state index is -0.824. The van der Waals surface area contributed by atoms with Gasteiger partial charge in [0.05, 0.1) is 14.6 Å². The molecule has 1 aromatic rings. The maximum absolute atomic E-state index is 13.4. The molecule has 2 fully saturated rings. The predicted molar refractivity (Wildman–Crippen MR) is 120 cm³/mol. The number of benzene rings is 1. The summed E-state index contributed by atoms with van der Waals surface area (Å²) in [4.78, 5) is 30.4. The first-order valence-electron chi connectivity index (χ1n) is 12.0. The van der Waals surface area contributed by atoms with E-state index in [0.717, 1.165) is 31.8 Å². The van der Waals surface area contributed by atoms with Crippen molar-refractivity contribution in [1.29, 1.82) is 0 Å². The molecule has 7 heteroatoms. The molecule has 1 aromatic carbocycles. The van der Waals surface area contributed by atoms with Crippen molar-refractivity contribution in [2.24, 2.45) is 11.8 Å². The Labute approximate surface area is 187 Å². The number of piperidine rings is 2. The fraction of sp³-hybridized carbons (Fsp3) is 0.667. The van der Waals surface area contributed by atoms with E-state index in [1.54, 1.807) is 38.3 Å². The highest BCUT2D eigenvalue weighted by Crippen LogP contribution is 2.32. The first-order chi connectivity index (χ1) is 15.4. The number of likely N-dealkylation sites (tertiary alicyclic amines) is 2. The Hall–Kier alpha value is -2.12.